The highest BCUT2D eigenvalue weighted by Gasteiger charge is 2.19. The fourth-order valence-corrected chi connectivity index (χ4v) is 1.81. The van der Waals surface area contributed by atoms with Crippen molar-refractivity contribution in [1.29, 1.82) is 0 Å². The van der Waals surface area contributed by atoms with Crippen LogP contribution < -0.4 is 5.32 Å². The van der Waals surface area contributed by atoms with E-state index in [0.717, 1.165) is 6.54 Å². The molecule has 0 spiro atoms. The molecule has 1 N–H and O–H groups in total. The Bertz CT molecular complexity index is 271. The summed E-state index contributed by atoms with van der Waals surface area (Å²) < 4.78 is 1.94. The van der Waals surface area contributed by atoms with Crippen LogP contribution in [-0.4, -0.2) is 16.3 Å². The topological polar surface area (TPSA) is 29.9 Å². The number of rotatable bonds is 1. The van der Waals surface area contributed by atoms with Crippen molar-refractivity contribution < 1.29 is 0 Å². The number of nitrogens with one attached hydrogen (secondary N) is 1. The Kier molecular flexibility index (Phi) is 1.89. The van der Waals surface area contributed by atoms with Crippen molar-refractivity contribution >= 4 is 0 Å². The van der Waals surface area contributed by atoms with Gasteiger partial charge in [0.2, 0.25) is 0 Å². The minimum absolute atomic E-state index is 0.554. The Balaban J connectivity index is 2.26. The molecule has 1 fully saturated rings. The molecule has 66 valence electrons. The maximum absolute atomic E-state index is 4.24. The number of hydrogen-bond acceptors (Lipinski definition) is 2. The van der Waals surface area contributed by atoms with Crippen LogP contribution in [0.3, 0.4) is 0 Å². The first-order valence-electron chi connectivity index (χ1n) is 4.51. The monoisotopic (exact) mass is 165 g/mol. The van der Waals surface area contributed by atoms with Gasteiger partial charge < -0.3 is 5.32 Å². The molecule has 1 atom stereocenters. The lowest BCUT2D eigenvalue weighted by molar-refractivity contribution is 0.639. The molecular weight excluding hydrogens is 150 g/mol. The van der Waals surface area contributed by atoms with E-state index >= 15 is 0 Å². The lowest BCUT2D eigenvalue weighted by atomic mass is 10.1. The summed E-state index contributed by atoms with van der Waals surface area (Å²) in [5.41, 5.74) is 2.66. The normalized spacial score (nSPS) is 23.3. The first kappa shape index (κ1) is 7.80. The number of nitrogens with zero attached hydrogens (tertiary/aromatic N) is 2. The van der Waals surface area contributed by atoms with Crippen molar-refractivity contribution in [3.63, 3.8) is 0 Å². The molecule has 1 aromatic rings. The molecule has 1 saturated heterocycles. The van der Waals surface area contributed by atoms with Gasteiger partial charge in [-0.3, -0.25) is 4.68 Å². The fourth-order valence-electron chi connectivity index (χ4n) is 1.81. The first-order chi connectivity index (χ1) is 5.79. The van der Waals surface area contributed by atoms with Gasteiger partial charge in [0.05, 0.1) is 6.20 Å². The number of aromatic nitrogens is 2. The molecular formula is C9H15N3. The molecule has 0 amide bonds. The van der Waals surface area contributed by atoms with Crippen molar-refractivity contribution in [2.45, 2.75) is 25.8 Å². The summed E-state index contributed by atoms with van der Waals surface area (Å²) in [6.45, 7) is 3.28. The zero-order chi connectivity index (χ0) is 8.55. The van der Waals surface area contributed by atoms with Gasteiger partial charge in [-0.1, -0.05) is 0 Å². The molecule has 2 heterocycles. The van der Waals surface area contributed by atoms with Crippen LogP contribution in [0, 0.1) is 6.92 Å². The average molecular weight is 165 g/mol. The third kappa shape index (κ3) is 1.14. The molecule has 1 aromatic heterocycles. The number of aryl methyl sites for hydroxylation is 1. The Morgan fingerprint density at radius 2 is 2.50 bits per heavy atom. The van der Waals surface area contributed by atoms with Gasteiger partial charge in [-0.25, -0.2) is 0 Å². The molecule has 2 rings (SSSR count). The van der Waals surface area contributed by atoms with Crippen molar-refractivity contribution in [3.05, 3.63) is 17.5 Å². The van der Waals surface area contributed by atoms with Crippen LogP contribution in [0.5, 0.6) is 0 Å². The summed E-state index contributed by atoms with van der Waals surface area (Å²) in [6, 6.07) is 0.554. The van der Waals surface area contributed by atoms with E-state index in [9.17, 15) is 0 Å². The second-order valence-electron chi connectivity index (χ2n) is 3.46. The van der Waals surface area contributed by atoms with Gasteiger partial charge in [0, 0.05) is 24.3 Å². The van der Waals surface area contributed by atoms with E-state index in [4.69, 9.17) is 0 Å². The van der Waals surface area contributed by atoms with Crippen LogP contribution in [-0.2, 0) is 7.05 Å². The predicted molar refractivity (Wildman–Crippen MR) is 47.9 cm³/mol. The average Bonchev–Trinajstić information content (AvgIpc) is 2.64. The van der Waals surface area contributed by atoms with Crippen LogP contribution in [0.4, 0.5) is 0 Å². The smallest absolute Gasteiger partial charge is 0.0540 e. The third-order valence-electron chi connectivity index (χ3n) is 2.71. The molecule has 1 aliphatic rings. The van der Waals surface area contributed by atoms with E-state index in [1.54, 1.807) is 0 Å². The number of hydrogen-bond donors (Lipinski definition) is 1. The molecule has 3 heteroatoms. The van der Waals surface area contributed by atoms with Crippen LogP contribution >= 0.6 is 0 Å². The Morgan fingerprint density at radius 1 is 1.67 bits per heavy atom. The zero-order valence-electron chi connectivity index (χ0n) is 7.67. The molecule has 1 aliphatic heterocycles. The van der Waals surface area contributed by atoms with E-state index < -0.39 is 0 Å². The van der Waals surface area contributed by atoms with Crippen LogP contribution in [0.1, 0.15) is 30.1 Å². The van der Waals surface area contributed by atoms with Crippen LogP contribution in [0.15, 0.2) is 6.20 Å². The minimum Gasteiger partial charge on any atom is -0.310 e. The lowest BCUT2D eigenvalue weighted by Gasteiger charge is -2.08. The van der Waals surface area contributed by atoms with E-state index in [1.165, 1.54) is 24.1 Å². The highest BCUT2D eigenvalue weighted by atomic mass is 15.3. The summed E-state index contributed by atoms with van der Waals surface area (Å²) in [5.74, 6) is 0. The first-order valence-corrected chi connectivity index (χ1v) is 4.51. The van der Waals surface area contributed by atoms with Gasteiger partial charge in [-0.15, -0.1) is 0 Å². The Morgan fingerprint density at radius 3 is 3.00 bits per heavy atom. The molecule has 0 aromatic carbocycles. The highest BCUT2D eigenvalue weighted by molar-refractivity contribution is 5.21. The van der Waals surface area contributed by atoms with E-state index in [-0.39, 0.29) is 0 Å². The largest absolute Gasteiger partial charge is 0.310 e. The van der Waals surface area contributed by atoms with E-state index in [2.05, 4.69) is 17.3 Å². The lowest BCUT2D eigenvalue weighted by Crippen LogP contribution is -2.13. The molecule has 0 unspecified atom stereocenters. The van der Waals surface area contributed by atoms with E-state index in [1.807, 2.05) is 17.9 Å². The summed E-state index contributed by atoms with van der Waals surface area (Å²) in [7, 11) is 1.99. The quantitative estimate of drug-likeness (QED) is 0.676. The molecule has 0 bridgehead atoms. The standard InChI is InChI=1S/C9H15N3/c1-7-8(6-11-12(7)2)9-4-3-5-10-9/h6,9-10H,3-5H2,1-2H3/t9-/m0/s1. The maximum Gasteiger partial charge on any atom is 0.0540 e. The van der Waals surface area contributed by atoms with Crippen molar-refractivity contribution in [1.82, 2.24) is 15.1 Å². The molecule has 0 aliphatic carbocycles. The van der Waals surface area contributed by atoms with Crippen LogP contribution in [0.25, 0.3) is 0 Å². The summed E-state index contributed by atoms with van der Waals surface area (Å²) in [6.07, 6.45) is 4.53. The van der Waals surface area contributed by atoms with E-state index in [0.29, 0.717) is 6.04 Å². The van der Waals surface area contributed by atoms with Gasteiger partial charge in [0.25, 0.3) is 0 Å². The maximum atomic E-state index is 4.24. The SMILES string of the molecule is Cc1c([C@@H]2CCCN2)cnn1C. The summed E-state index contributed by atoms with van der Waals surface area (Å²) in [4.78, 5) is 0. The molecule has 0 saturated carbocycles. The van der Waals surface area contributed by atoms with Crippen LogP contribution in [0.2, 0.25) is 0 Å². The summed E-state index contributed by atoms with van der Waals surface area (Å²) in [5, 5.41) is 7.71. The summed E-state index contributed by atoms with van der Waals surface area (Å²) >= 11 is 0. The zero-order valence-corrected chi connectivity index (χ0v) is 7.67. The van der Waals surface area contributed by atoms with Crippen molar-refractivity contribution in [2.24, 2.45) is 7.05 Å². The molecule has 12 heavy (non-hydrogen) atoms. The third-order valence-corrected chi connectivity index (χ3v) is 2.71. The van der Waals surface area contributed by atoms with Gasteiger partial charge >= 0.3 is 0 Å². The van der Waals surface area contributed by atoms with Crippen molar-refractivity contribution in [3.8, 4) is 0 Å². The van der Waals surface area contributed by atoms with Gasteiger partial charge in [-0.05, 0) is 26.3 Å². The van der Waals surface area contributed by atoms with Gasteiger partial charge in [0.15, 0.2) is 0 Å². The molecule has 3 nitrogen and oxygen atoms in total. The predicted octanol–water partition coefficient (Wildman–Crippen LogP) is 1.15. The Hall–Kier alpha value is -0.830. The highest BCUT2D eigenvalue weighted by Crippen LogP contribution is 2.24. The van der Waals surface area contributed by atoms with Crippen molar-refractivity contribution in [2.75, 3.05) is 6.54 Å². The molecule has 0 radical (unpaired) electrons. The van der Waals surface area contributed by atoms with Gasteiger partial charge in [-0.2, -0.15) is 5.10 Å². The Labute approximate surface area is 72.8 Å². The van der Waals surface area contributed by atoms with Gasteiger partial charge in [0.1, 0.15) is 0 Å². The second-order valence-corrected chi connectivity index (χ2v) is 3.46. The fraction of sp³-hybridized carbons (Fsp3) is 0.667. The minimum atomic E-state index is 0.554. The second kappa shape index (κ2) is 2.90.